The third-order valence-corrected chi connectivity index (χ3v) is 3.89. The van der Waals surface area contributed by atoms with Crippen molar-refractivity contribution in [3.8, 4) is 0 Å². The molecular weight excluding hydrogens is 324 g/mol. The summed E-state index contributed by atoms with van der Waals surface area (Å²) in [6.45, 7) is 2.38. The van der Waals surface area contributed by atoms with E-state index in [1.165, 1.54) is 0 Å². The molecule has 132 valence electrons. The molecule has 2 heterocycles. The average Bonchev–Trinajstić information content (AvgIpc) is 3.25. The Labute approximate surface area is 145 Å². The minimum Gasteiger partial charge on any atom is -0.447 e. The summed E-state index contributed by atoms with van der Waals surface area (Å²) >= 11 is 0. The van der Waals surface area contributed by atoms with Gasteiger partial charge in [-0.25, -0.2) is 0 Å². The van der Waals surface area contributed by atoms with Crippen LogP contribution in [0.3, 0.4) is 0 Å². The first kappa shape index (κ1) is 17.2. The van der Waals surface area contributed by atoms with Crippen molar-refractivity contribution in [2.24, 2.45) is 0 Å². The van der Waals surface area contributed by atoms with Crippen molar-refractivity contribution in [1.82, 2.24) is 5.16 Å². The minimum absolute atomic E-state index is 0.134. The van der Waals surface area contributed by atoms with Crippen LogP contribution in [0.2, 0.25) is 0 Å². The molecule has 0 bridgehead atoms. The van der Waals surface area contributed by atoms with E-state index in [9.17, 15) is 9.59 Å². The van der Waals surface area contributed by atoms with E-state index in [1.807, 2.05) is 6.07 Å². The Morgan fingerprint density at radius 2 is 2.16 bits per heavy atom. The van der Waals surface area contributed by atoms with Crippen molar-refractivity contribution in [3.05, 3.63) is 47.7 Å². The zero-order valence-electron chi connectivity index (χ0n) is 13.9. The first-order valence-electron chi connectivity index (χ1n) is 8.22. The van der Waals surface area contributed by atoms with E-state index in [-0.39, 0.29) is 18.3 Å². The predicted molar refractivity (Wildman–Crippen MR) is 88.7 cm³/mol. The van der Waals surface area contributed by atoms with Crippen LogP contribution >= 0.6 is 0 Å². The maximum absolute atomic E-state index is 12.6. The molecule has 0 saturated carbocycles. The number of carbonyl (C=O) groups excluding carboxylic acids is 2. The molecule has 1 fully saturated rings. The van der Waals surface area contributed by atoms with Crippen molar-refractivity contribution in [3.63, 3.8) is 0 Å². The summed E-state index contributed by atoms with van der Waals surface area (Å²) in [5.74, 6) is -0.104. The van der Waals surface area contributed by atoms with Crippen molar-refractivity contribution >= 4 is 17.7 Å². The molecule has 2 atom stereocenters. The molecule has 1 N–H and O–H groups in total. The van der Waals surface area contributed by atoms with Gasteiger partial charge in [-0.3, -0.25) is 9.59 Å². The Morgan fingerprint density at radius 3 is 2.80 bits per heavy atom. The fourth-order valence-electron chi connectivity index (χ4n) is 2.69. The Hall–Kier alpha value is -2.67. The van der Waals surface area contributed by atoms with Crippen LogP contribution < -0.4 is 5.32 Å². The zero-order valence-corrected chi connectivity index (χ0v) is 13.9. The molecule has 1 saturated heterocycles. The normalized spacial score (nSPS) is 17.9. The van der Waals surface area contributed by atoms with Gasteiger partial charge >= 0.3 is 5.97 Å². The van der Waals surface area contributed by atoms with Gasteiger partial charge in [0.1, 0.15) is 5.76 Å². The Kier molecular flexibility index (Phi) is 5.45. The molecule has 1 aromatic heterocycles. The highest BCUT2D eigenvalue weighted by molar-refractivity contribution is 5.95. The van der Waals surface area contributed by atoms with Crippen LogP contribution in [0.4, 0.5) is 5.82 Å². The van der Waals surface area contributed by atoms with Crippen LogP contribution in [0, 0.1) is 6.92 Å². The second-order valence-electron chi connectivity index (χ2n) is 5.93. The highest BCUT2D eigenvalue weighted by Gasteiger charge is 2.28. The van der Waals surface area contributed by atoms with Crippen LogP contribution in [-0.2, 0) is 19.1 Å². The molecule has 0 unspecified atom stereocenters. The average molecular weight is 344 g/mol. The summed E-state index contributed by atoms with van der Waals surface area (Å²) in [5.41, 5.74) is 0.584. The number of nitrogens with zero attached hydrogens (tertiary/aromatic N) is 1. The van der Waals surface area contributed by atoms with Gasteiger partial charge in [0.2, 0.25) is 6.10 Å². The molecular formula is C18H20N2O5. The lowest BCUT2D eigenvalue weighted by Crippen LogP contribution is -2.27. The van der Waals surface area contributed by atoms with Crippen molar-refractivity contribution < 1.29 is 23.6 Å². The summed E-state index contributed by atoms with van der Waals surface area (Å²) < 4.78 is 15.8. The molecule has 1 aromatic carbocycles. The first-order chi connectivity index (χ1) is 12.1. The molecule has 3 rings (SSSR count). The quantitative estimate of drug-likeness (QED) is 0.810. The summed E-state index contributed by atoms with van der Waals surface area (Å²) in [4.78, 5) is 24.8. The van der Waals surface area contributed by atoms with Gasteiger partial charge < -0.3 is 19.3 Å². The molecule has 1 aliphatic heterocycles. The number of esters is 1. The second-order valence-corrected chi connectivity index (χ2v) is 5.93. The number of carbonyl (C=O) groups is 2. The number of benzene rings is 1. The summed E-state index contributed by atoms with van der Waals surface area (Å²) in [6, 6.07) is 10.4. The van der Waals surface area contributed by atoms with Gasteiger partial charge in [-0.1, -0.05) is 35.5 Å². The predicted octanol–water partition coefficient (Wildman–Crippen LogP) is 2.78. The third-order valence-electron chi connectivity index (χ3n) is 3.89. The Balaban J connectivity index is 1.70. The Morgan fingerprint density at radius 1 is 1.36 bits per heavy atom. The lowest BCUT2D eigenvalue weighted by Gasteiger charge is -2.18. The van der Waals surface area contributed by atoms with Gasteiger partial charge in [0.05, 0.1) is 12.5 Å². The summed E-state index contributed by atoms with van der Waals surface area (Å²) in [6.07, 6.45) is 0.707. The smallest absolute Gasteiger partial charge is 0.309 e. The van der Waals surface area contributed by atoms with Crippen molar-refractivity contribution in [1.29, 1.82) is 0 Å². The summed E-state index contributed by atoms with van der Waals surface area (Å²) in [5, 5.41) is 6.33. The number of rotatable bonds is 6. The molecule has 7 heteroatoms. The molecule has 0 spiro atoms. The van der Waals surface area contributed by atoms with E-state index in [1.54, 1.807) is 37.3 Å². The van der Waals surface area contributed by atoms with Gasteiger partial charge in [0, 0.05) is 18.2 Å². The largest absolute Gasteiger partial charge is 0.447 e. The van der Waals surface area contributed by atoms with E-state index in [4.69, 9.17) is 14.0 Å². The van der Waals surface area contributed by atoms with E-state index in [0.29, 0.717) is 17.9 Å². The fourth-order valence-corrected chi connectivity index (χ4v) is 2.69. The monoisotopic (exact) mass is 344 g/mol. The van der Waals surface area contributed by atoms with Crippen LogP contribution in [-0.4, -0.2) is 29.7 Å². The van der Waals surface area contributed by atoms with E-state index in [2.05, 4.69) is 10.5 Å². The van der Waals surface area contributed by atoms with Crippen LogP contribution in [0.5, 0.6) is 0 Å². The molecule has 25 heavy (non-hydrogen) atoms. The molecule has 0 radical (unpaired) electrons. The fraction of sp³-hybridized carbons (Fsp3) is 0.389. The second kappa shape index (κ2) is 7.94. The number of anilines is 1. The van der Waals surface area contributed by atoms with Gasteiger partial charge in [0.25, 0.3) is 5.91 Å². The number of hydrogen-bond donors (Lipinski definition) is 1. The van der Waals surface area contributed by atoms with Crippen molar-refractivity contribution in [2.75, 3.05) is 11.9 Å². The molecule has 1 aliphatic rings. The lowest BCUT2D eigenvalue weighted by atomic mass is 10.1. The molecule has 0 aliphatic carbocycles. The van der Waals surface area contributed by atoms with Crippen LogP contribution in [0.15, 0.2) is 40.9 Å². The summed E-state index contributed by atoms with van der Waals surface area (Å²) in [7, 11) is 0. The molecule has 7 nitrogen and oxygen atoms in total. The van der Waals surface area contributed by atoms with Gasteiger partial charge in [-0.15, -0.1) is 0 Å². The first-order valence-corrected chi connectivity index (χ1v) is 8.22. The highest BCUT2D eigenvalue weighted by atomic mass is 16.6. The minimum atomic E-state index is -1.06. The number of nitrogens with one attached hydrogen (secondary N) is 1. The number of amides is 1. The van der Waals surface area contributed by atoms with Crippen molar-refractivity contribution in [2.45, 2.75) is 38.4 Å². The SMILES string of the molecule is Cc1cc(NC(=O)[C@@H](OC(=O)C[C@H]2CCCO2)c2ccccc2)no1. The van der Waals surface area contributed by atoms with E-state index < -0.39 is 18.0 Å². The maximum Gasteiger partial charge on any atom is 0.309 e. The molecule has 1 amide bonds. The lowest BCUT2D eigenvalue weighted by molar-refractivity contribution is -0.156. The maximum atomic E-state index is 12.6. The molecule has 2 aromatic rings. The van der Waals surface area contributed by atoms with Crippen LogP contribution in [0.25, 0.3) is 0 Å². The number of aryl methyl sites for hydroxylation is 1. The number of hydrogen-bond acceptors (Lipinski definition) is 6. The van der Waals surface area contributed by atoms with Gasteiger partial charge in [0.15, 0.2) is 5.82 Å². The number of aromatic nitrogens is 1. The van der Waals surface area contributed by atoms with Crippen LogP contribution in [0.1, 0.15) is 36.7 Å². The van der Waals surface area contributed by atoms with Gasteiger partial charge in [-0.2, -0.15) is 0 Å². The highest BCUT2D eigenvalue weighted by Crippen LogP contribution is 2.23. The number of ether oxygens (including phenoxy) is 2. The third kappa shape index (κ3) is 4.67. The van der Waals surface area contributed by atoms with E-state index in [0.717, 1.165) is 12.8 Å². The Bertz CT molecular complexity index is 722. The zero-order chi connectivity index (χ0) is 17.6. The van der Waals surface area contributed by atoms with E-state index >= 15 is 0 Å². The topological polar surface area (TPSA) is 90.7 Å². The van der Waals surface area contributed by atoms with Gasteiger partial charge in [-0.05, 0) is 19.8 Å². The standard InChI is InChI=1S/C18H20N2O5/c1-12-10-15(20-25-12)19-18(22)17(13-6-3-2-4-7-13)24-16(21)11-14-8-5-9-23-14/h2-4,6-7,10,14,17H,5,8-9,11H2,1H3,(H,19,20,22)/t14-,17+/m1/s1.